The number of para-hydroxylation sites is 1. The molecule has 112 valence electrons. The summed E-state index contributed by atoms with van der Waals surface area (Å²) >= 11 is 0. The number of aromatic nitrogens is 3. The molecule has 5 nitrogen and oxygen atoms in total. The molecule has 2 heterocycles. The van der Waals surface area contributed by atoms with Crippen molar-refractivity contribution in [2.45, 2.75) is 6.54 Å². The highest BCUT2D eigenvalue weighted by Gasteiger charge is 2.06. The summed E-state index contributed by atoms with van der Waals surface area (Å²) in [5.74, 6) is 1.44. The fraction of sp³-hybridized carbons (Fsp3) is 0.176. The largest absolute Gasteiger partial charge is 0.491 e. The van der Waals surface area contributed by atoms with E-state index in [1.807, 2.05) is 47.2 Å². The summed E-state index contributed by atoms with van der Waals surface area (Å²) < 4.78 is 13.0. The van der Waals surface area contributed by atoms with Crippen LogP contribution < -0.4 is 9.47 Å². The second kappa shape index (κ2) is 6.76. The summed E-state index contributed by atoms with van der Waals surface area (Å²) in [6.07, 6.45) is 7.25. The van der Waals surface area contributed by atoms with Crippen LogP contribution in [0.15, 0.2) is 61.3 Å². The van der Waals surface area contributed by atoms with Gasteiger partial charge < -0.3 is 14.0 Å². The molecule has 0 bridgehead atoms. The maximum Gasteiger partial charge on any atom is 0.212 e. The third-order valence-corrected chi connectivity index (χ3v) is 3.31. The van der Waals surface area contributed by atoms with E-state index >= 15 is 0 Å². The summed E-state index contributed by atoms with van der Waals surface area (Å²) in [7, 11) is 1.61. The Morgan fingerprint density at radius 2 is 2.05 bits per heavy atom. The van der Waals surface area contributed by atoms with Crippen LogP contribution in [0.5, 0.6) is 11.6 Å². The molecular formula is C17H17N3O2. The number of rotatable bonds is 6. The van der Waals surface area contributed by atoms with E-state index in [0.717, 1.165) is 23.4 Å². The average molecular weight is 295 g/mol. The maximum absolute atomic E-state index is 5.91. The third kappa shape index (κ3) is 3.25. The van der Waals surface area contributed by atoms with E-state index < -0.39 is 0 Å². The van der Waals surface area contributed by atoms with Crippen LogP contribution in [0.3, 0.4) is 0 Å². The van der Waals surface area contributed by atoms with Crippen molar-refractivity contribution in [3.63, 3.8) is 0 Å². The minimum atomic E-state index is 0.580. The number of pyridine rings is 1. The molecule has 5 heteroatoms. The lowest BCUT2D eigenvalue weighted by Crippen LogP contribution is -2.07. The van der Waals surface area contributed by atoms with Crippen molar-refractivity contribution in [2.75, 3.05) is 13.7 Å². The topological polar surface area (TPSA) is 49.2 Å². The molecule has 2 aromatic heterocycles. The molecule has 0 spiro atoms. The van der Waals surface area contributed by atoms with Gasteiger partial charge in [-0.1, -0.05) is 18.2 Å². The van der Waals surface area contributed by atoms with Gasteiger partial charge in [0.2, 0.25) is 5.88 Å². The Kier molecular flexibility index (Phi) is 4.34. The normalized spacial score (nSPS) is 10.4. The van der Waals surface area contributed by atoms with Gasteiger partial charge in [-0.25, -0.2) is 9.97 Å². The lowest BCUT2D eigenvalue weighted by atomic mass is 10.1. The predicted octanol–water partition coefficient (Wildman–Crippen LogP) is 3.03. The zero-order chi connectivity index (χ0) is 15.2. The summed E-state index contributed by atoms with van der Waals surface area (Å²) in [6, 6.07) is 11.8. The van der Waals surface area contributed by atoms with E-state index in [9.17, 15) is 0 Å². The summed E-state index contributed by atoms with van der Waals surface area (Å²) in [5.41, 5.74) is 2.02. The van der Waals surface area contributed by atoms with E-state index in [4.69, 9.17) is 9.47 Å². The molecule has 0 amide bonds. The van der Waals surface area contributed by atoms with Gasteiger partial charge in [0.1, 0.15) is 12.4 Å². The zero-order valence-electron chi connectivity index (χ0n) is 12.3. The van der Waals surface area contributed by atoms with Crippen LogP contribution in [-0.2, 0) is 6.54 Å². The number of hydrogen-bond donors (Lipinski definition) is 0. The first kappa shape index (κ1) is 14.1. The SMILES string of the molecule is COc1ccc(-c2ccccc2OCCn2ccnc2)cn1. The molecule has 0 aliphatic heterocycles. The van der Waals surface area contributed by atoms with E-state index in [1.165, 1.54) is 0 Å². The Morgan fingerprint density at radius 3 is 2.77 bits per heavy atom. The monoisotopic (exact) mass is 295 g/mol. The zero-order valence-corrected chi connectivity index (χ0v) is 12.3. The van der Waals surface area contributed by atoms with E-state index in [0.29, 0.717) is 12.5 Å². The minimum Gasteiger partial charge on any atom is -0.491 e. The fourth-order valence-electron chi connectivity index (χ4n) is 2.17. The standard InChI is InChI=1S/C17H17N3O2/c1-21-17-7-6-14(12-19-17)15-4-2-3-5-16(15)22-11-10-20-9-8-18-13-20/h2-9,12-13H,10-11H2,1H3. The van der Waals surface area contributed by atoms with Crippen LogP contribution in [0.4, 0.5) is 0 Å². The van der Waals surface area contributed by atoms with Gasteiger partial charge in [0, 0.05) is 35.8 Å². The van der Waals surface area contributed by atoms with Crippen molar-refractivity contribution in [1.29, 1.82) is 0 Å². The van der Waals surface area contributed by atoms with Crippen LogP contribution in [0.2, 0.25) is 0 Å². The second-order valence-corrected chi connectivity index (χ2v) is 4.73. The molecule has 1 aromatic carbocycles. The van der Waals surface area contributed by atoms with Crippen LogP contribution in [-0.4, -0.2) is 28.3 Å². The minimum absolute atomic E-state index is 0.580. The Labute approximate surface area is 129 Å². The number of hydrogen-bond acceptors (Lipinski definition) is 4. The fourth-order valence-corrected chi connectivity index (χ4v) is 2.17. The molecule has 0 unspecified atom stereocenters. The Bertz CT molecular complexity index is 709. The van der Waals surface area contributed by atoms with Gasteiger partial charge in [0.25, 0.3) is 0 Å². The molecule has 0 saturated carbocycles. The van der Waals surface area contributed by atoms with Gasteiger partial charge in [-0.3, -0.25) is 0 Å². The van der Waals surface area contributed by atoms with Gasteiger partial charge in [-0.15, -0.1) is 0 Å². The first-order chi connectivity index (χ1) is 10.9. The predicted molar refractivity (Wildman–Crippen MR) is 83.9 cm³/mol. The molecule has 0 atom stereocenters. The first-order valence-corrected chi connectivity index (χ1v) is 7.05. The lowest BCUT2D eigenvalue weighted by Gasteiger charge is -2.12. The van der Waals surface area contributed by atoms with Crippen LogP contribution in [0, 0.1) is 0 Å². The van der Waals surface area contributed by atoms with E-state index in [2.05, 4.69) is 9.97 Å². The summed E-state index contributed by atoms with van der Waals surface area (Å²) in [5, 5.41) is 0. The number of nitrogens with zero attached hydrogens (tertiary/aromatic N) is 3. The molecule has 0 N–H and O–H groups in total. The van der Waals surface area contributed by atoms with Crippen molar-refractivity contribution in [2.24, 2.45) is 0 Å². The highest BCUT2D eigenvalue weighted by atomic mass is 16.5. The Hall–Kier alpha value is -2.82. The van der Waals surface area contributed by atoms with Crippen LogP contribution in [0.1, 0.15) is 0 Å². The number of ether oxygens (including phenoxy) is 2. The number of imidazole rings is 1. The molecule has 0 saturated heterocycles. The molecule has 3 aromatic rings. The third-order valence-electron chi connectivity index (χ3n) is 3.31. The van der Waals surface area contributed by atoms with Gasteiger partial charge in [-0.05, 0) is 12.1 Å². The molecule has 0 fully saturated rings. The summed E-state index contributed by atoms with van der Waals surface area (Å²) in [6.45, 7) is 1.34. The maximum atomic E-state index is 5.91. The average Bonchev–Trinajstić information content (AvgIpc) is 3.09. The van der Waals surface area contributed by atoms with Gasteiger partial charge >= 0.3 is 0 Å². The smallest absolute Gasteiger partial charge is 0.212 e. The number of benzene rings is 1. The highest BCUT2D eigenvalue weighted by molar-refractivity contribution is 5.69. The molecule has 0 aliphatic rings. The Morgan fingerprint density at radius 1 is 1.14 bits per heavy atom. The van der Waals surface area contributed by atoms with Crippen LogP contribution >= 0.6 is 0 Å². The van der Waals surface area contributed by atoms with E-state index in [1.54, 1.807) is 25.8 Å². The van der Waals surface area contributed by atoms with Crippen LogP contribution in [0.25, 0.3) is 11.1 Å². The van der Waals surface area contributed by atoms with Gasteiger partial charge in [0.15, 0.2) is 0 Å². The van der Waals surface area contributed by atoms with Crippen molar-refractivity contribution in [3.05, 3.63) is 61.3 Å². The second-order valence-electron chi connectivity index (χ2n) is 4.73. The van der Waals surface area contributed by atoms with Crippen molar-refractivity contribution in [1.82, 2.24) is 14.5 Å². The van der Waals surface area contributed by atoms with Gasteiger partial charge in [0.05, 0.1) is 20.0 Å². The number of methoxy groups -OCH3 is 1. The van der Waals surface area contributed by atoms with Crippen molar-refractivity contribution in [3.8, 4) is 22.8 Å². The Balaban J connectivity index is 1.74. The van der Waals surface area contributed by atoms with Crippen molar-refractivity contribution < 1.29 is 9.47 Å². The highest BCUT2D eigenvalue weighted by Crippen LogP contribution is 2.29. The molecule has 0 aliphatic carbocycles. The first-order valence-electron chi connectivity index (χ1n) is 7.05. The quantitative estimate of drug-likeness (QED) is 0.701. The molecular weight excluding hydrogens is 278 g/mol. The van der Waals surface area contributed by atoms with Crippen molar-refractivity contribution >= 4 is 0 Å². The summed E-state index contributed by atoms with van der Waals surface area (Å²) in [4.78, 5) is 8.26. The molecule has 0 radical (unpaired) electrons. The molecule has 3 rings (SSSR count). The van der Waals surface area contributed by atoms with E-state index in [-0.39, 0.29) is 0 Å². The molecule has 22 heavy (non-hydrogen) atoms. The lowest BCUT2D eigenvalue weighted by molar-refractivity contribution is 0.299. The van der Waals surface area contributed by atoms with Gasteiger partial charge in [-0.2, -0.15) is 0 Å².